The highest BCUT2D eigenvalue weighted by Gasteiger charge is 2.10. The first-order chi connectivity index (χ1) is 8.22. The van der Waals surface area contributed by atoms with Gasteiger partial charge >= 0.3 is 0 Å². The molecule has 0 fully saturated rings. The van der Waals surface area contributed by atoms with Gasteiger partial charge in [-0.1, -0.05) is 12.1 Å². The van der Waals surface area contributed by atoms with E-state index in [0.29, 0.717) is 11.4 Å². The Kier molecular flexibility index (Phi) is 3.34. The lowest BCUT2D eigenvalue weighted by molar-refractivity contribution is 0.245. The van der Waals surface area contributed by atoms with E-state index in [9.17, 15) is 4.39 Å². The average molecular weight is 237 g/mol. The minimum atomic E-state index is -0.501. The summed E-state index contributed by atoms with van der Waals surface area (Å²) in [6.07, 6.45) is 1.53. The van der Waals surface area contributed by atoms with Gasteiger partial charge in [-0.15, -0.1) is 10.2 Å². The van der Waals surface area contributed by atoms with E-state index in [1.165, 1.54) is 18.5 Å². The summed E-state index contributed by atoms with van der Waals surface area (Å²) in [5, 5.41) is 16.6. The summed E-state index contributed by atoms with van der Waals surface area (Å²) in [6.45, 7) is -0.170. The molecule has 0 spiro atoms. The van der Waals surface area contributed by atoms with E-state index in [1.54, 1.807) is 17.7 Å². The molecule has 1 N–H and O–H groups in total. The van der Waals surface area contributed by atoms with Crippen LogP contribution in [0.4, 0.5) is 4.39 Å². The molecule has 0 amide bonds. The molecule has 2 rings (SSSR count). The van der Waals surface area contributed by atoms with Crippen molar-refractivity contribution in [3.8, 4) is 5.75 Å². The third kappa shape index (κ3) is 2.42. The summed E-state index contributed by atoms with van der Waals surface area (Å²) in [6, 6.07) is 4.41. The van der Waals surface area contributed by atoms with Crippen molar-refractivity contribution in [1.82, 2.24) is 14.8 Å². The van der Waals surface area contributed by atoms with Gasteiger partial charge in [0, 0.05) is 12.6 Å². The van der Waals surface area contributed by atoms with Crippen molar-refractivity contribution < 1.29 is 14.2 Å². The van der Waals surface area contributed by atoms with E-state index in [0.717, 1.165) is 0 Å². The van der Waals surface area contributed by atoms with Crippen LogP contribution in [0.5, 0.6) is 5.75 Å². The van der Waals surface area contributed by atoms with Crippen molar-refractivity contribution in [3.05, 3.63) is 41.7 Å². The number of aliphatic hydroxyl groups is 1. The molecular weight excluding hydrogens is 225 g/mol. The van der Waals surface area contributed by atoms with E-state index < -0.39 is 5.82 Å². The summed E-state index contributed by atoms with van der Waals surface area (Å²) >= 11 is 0. The Labute approximate surface area is 97.5 Å². The molecule has 0 radical (unpaired) electrons. The molecule has 6 heteroatoms. The van der Waals surface area contributed by atoms with Crippen molar-refractivity contribution >= 4 is 0 Å². The lowest BCUT2D eigenvalue weighted by atomic mass is 10.2. The zero-order chi connectivity index (χ0) is 12.3. The summed E-state index contributed by atoms with van der Waals surface area (Å²) < 4.78 is 20.5. The zero-order valence-corrected chi connectivity index (χ0v) is 9.30. The van der Waals surface area contributed by atoms with Crippen LogP contribution in [0.1, 0.15) is 11.4 Å². The molecule has 0 atom stereocenters. The van der Waals surface area contributed by atoms with Crippen LogP contribution >= 0.6 is 0 Å². The number of halogens is 1. The maximum absolute atomic E-state index is 13.5. The van der Waals surface area contributed by atoms with Crippen LogP contribution in [0.25, 0.3) is 0 Å². The minimum absolute atomic E-state index is 0.0537. The molecule has 0 saturated carbocycles. The second kappa shape index (κ2) is 4.92. The number of hydrogen-bond acceptors (Lipinski definition) is 4. The molecule has 90 valence electrons. The smallest absolute Gasteiger partial charge is 0.170 e. The Morgan fingerprint density at radius 2 is 2.29 bits per heavy atom. The van der Waals surface area contributed by atoms with Crippen molar-refractivity contribution in [2.45, 2.75) is 13.2 Å². The Balaban J connectivity index is 2.16. The predicted octanol–water partition coefficient (Wildman–Crippen LogP) is 1.03. The number of aliphatic hydroxyl groups excluding tert-OH is 1. The Hall–Kier alpha value is -1.95. The topological polar surface area (TPSA) is 60.2 Å². The van der Waals surface area contributed by atoms with Gasteiger partial charge in [0.2, 0.25) is 0 Å². The second-order valence-corrected chi connectivity index (χ2v) is 3.53. The van der Waals surface area contributed by atoms with Crippen molar-refractivity contribution in [2.75, 3.05) is 0 Å². The normalized spacial score (nSPS) is 10.5. The minimum Gasteiger partial charge on any atom is -0.482 e. The monoisotopic (exact) mass is 237 g/mol. The fraction of sp³-hybridized carbons (Fsp3) is 0.273. The van der Waals surface area contributed by atoms with Crippen LogP contribution < -0.4 is 4.74 Å². The van der Waals surface area contributed by atoms with E-state index >= 15 is 0 Å². The summed E-state index contributed by atoms with van der Waals surface area (Å²) in [5.74, 6) is 0.133. The zero-order valence-electron chi connectivity index (χ0n) is 9.30. The largest absolute Gasteiger partial charge is 0.482 e. The third-order valence-corrected chi connectivity index (χ3v) is 2.37. The van der Waals surface area contributed by atoms with Crippen LogP contribution in [0, 0.1) is 5.82 Å². The number of ether oxygens (including phenoxy) is 1. The van der Waals surface area contributed by atoms with E-state index in [1.807, 2.05) is 0 Å². The summed E-state index contributed by atoms with van der Waals surface area (Å²) in [7, 11) is 1.77. The van der Waals surface area contributed by atoms with Crippen molar-refractivity contribution in [3.63, 3.8) is 0 Å². The predicted molar refractivity (Wildman–Crippen MR) is 57.7 cm³/mol. The van der Waals surface area contributed by atoms with Gasteiger partial charge in [0.15, 0.2) is 17.4 Å². The van der Waals surface area contributed by atoms with E-state index in [4.69, 9.17) is 9.84 Å². The van der Waals surface area contributed by atoms with Gasteiger partial charge in [-0.3, -0.25) is 0 Å². The lowest BCUT2D eigenvalue weighted by Gasteiger charge is -2.10. The molecular formula is C11H12FN3O2. The molecule has 1 aromatic heterocycles. The molecule has 0 bridgehead atoms. The molecule has 17 heavy (non-hydrogen) atoms. The second-order valence-electron chi connectivity index (χ2n) is 3.53. The third-order valence-electron chi connectivity index (χ3n) is 2.37. The van der Waals surface area contributed by atoms with Crippen LogP contribution in [-0.4, -0.2) is 19.9 Å². The number of benzene rings is 1. The SMILES string of the molecule is Cn1cnnc1COc1c(F)cccc1CO. The van der Waals surface area contributed by atoms with E-state index in [2.05, 4.69) is 10.2 Å². The van der Waals surface area contributed by atoms with Gasteiger partial charge in [-0.2, -0.15) is 0 Å². The lowest BCUT2D eigenvalue weighted by Crippen LogP contribution is -2.05. The fourth-order valence-electron chi connectivity index (χ4n) is 1.41. The van der Waals surface area contributed by atoms with Crippen molar-refractivity contribution in [1.29, 1.82) is 0 Å². The van der Waals surface area contributed by atoms with E-state index in [-0.39, 0.29) is 19.0 Å². The quantitative estimate of drug-likeness (QED) is 0.862. The molecule has 0 saturated heterocycles. The Morgan fingerprint density at radius 1 is 1.47 bits per heavy atom. The molecule has 1 heterocycles. The summed E-state index contributed by atoms with van der Waals surface area (Å²) in [4.78, 5) is 0. The van der Waals surface area contributed by atoms with Gasteiger partial charge in [0.05, 0.1) is 6.61 Å². The maximum Gasteiger partial charge on any atom is 0.170 e. The first-order valence-electron chi connectivity index (χ1n) is 5.06. The highest BCUT2D eigenvalue weighted by Crippen LogP contribution is 2.23. The van der Waals surface area contributed by atoms with Crippen LogP contribution in [0.2, 0.25) is 0 Å². The highest BCUT2D eigenvalue weighted by atomic mass is 19.1. The first kappa shape index (κ1) is 11.5. The van der Waals surface area contributed by atoms with Crippen LogP contribution in [-0.2, 0) is 20.3 Å². The molecule has 0 unspecified atom stereocenters. The molecule has 2 aromatic rings. The average Bonchev–Trinajstić information content (AvgIpc) is 2.73. The molecule has 0 aliphatic carbocycles. The Bertz CT molecular complexity index is 513. The van der Waals surface area contributed by atoms with Crippen LogP contribution in [0.15, 0.2) is 24.5 Å². The van der Waals surface area contributed by atoms with Crippen LogP contribution in [0.3, 0.4) is 0 Å². The number of rotatable bonds is 4. The first-order valence-corrected chi connectivity index (χ1v) is 5.06. The van der Waals surface area contributed by atoms with Gasteiger partial charge in [0.1, 0.15) is 12.9 Å². The van der Waals surface area contributed by atoms with Gasteiger partial charge < -0.3 is 14.4 Å². The van der Waals surface area contributed by atoms with Gasteiger partial charge in [-0.05, 0) is 6.07 Å². The molecule has 0 aliphatic rings. The number of aryl methyl sites for hydroxylation is 1. The fourth-order valence-corrected chi connectivity index (χ4v) is 1.41. The Morgan fingerprint density at radius 3 is 2.94 bits per heavy atom. The molecule has 5 nitrogen and oxygen atoms in total. The van der Waals surface area contributed by atoms with Crippen molar-refractivity contribution in [2.24, 2.45) is 7.05 Å². The molecule has 0 aliphatic heterocycles. The molecule has 1 aromatic carbocycles. The number of hydrogen-bond donors (Lipinski definition) is 1. The van der Waals surface area contributed by atoms with Gasteiger partial charge in [-0.25, -0.2) is 4.39 Å². The summed E-state index contributed by atoms with van der Waals surface area (Å²) in [5.41, 5.74) is 0.409. The maximum atomic E-state index is 13.5. The number of aromatic nitrogens is 3. The standard InChI is InChI=1S/C11H12FN3O2/c1-15-7-13-14-10(15)6-17-11-8(5-16)3-2-4-9(11)12/h2-4,7,16H,5-6H2,1H3. The highest BCUT2D eigenvalue weighted by molar-refractivity contribution is 5.34. The number of para-hydroxylation sites is 1. The number of nitrogens with zero attached hydrogens (tertiary/aromatic N) is 3. The van der Waals surface area contributed by atoms with Gasteiger partial charge in [0.25, 0.3) is 0 Å².